The third kappa shape index (κ3) is 5.82. The zero-order valence-corrected chi connectivity index (χ0v) is 17.1. The van der Waals surface area contributed by atoms with Crippen LogP contribution in [0.3, 0.4) is 0 Å². The zero-order valence-electron chi connectivity index (χ0n) is 17.1. The van der Waals surface area contributed by atoms with Crippen molar-refractivity contribution in [3.8, 4) is 22.9 Å². The maximum Gasteiger partial charge on any atom is 0.341 e. The first-order valence-corrected chi connectivity index (χ1v) is 9.98. The minimum atomic E-state index is -1.03. The maximum absolute atomic E-state index is 10.6. The van der Waals surface area contributed by atoms with Crippen LogP contribution in [0.25, 0.3) is 11.3 Å². The highest BCUT2D eigenvalue weighted by atomic mass is 16.5. The number of benzene rings is 3. The Morgan fingerprint density at radius 1 is 0.844 bits per heavy atom. The lowest BCUT2D eigenvalue weighted by Crippen LogP contribution is -2.09. The molecule has 3 aromatic carbocycles. The Kier molecular flexibility index (Phi) is 6.57. The lowest BCUT2D eigenvalue weighted by molar-refractivity contribution is -0.139. The quantitative estimate of drug-likeness (QED) is 0.391. The summed E-state index contributed by atoms with van der Waals surface area (Å²) in [5, 5.41) is 11.9. The smallest absolute Gasteiger partial charge is 0.341 e. The van der Waals surface area contributed by atoms with Gasteiger partial charge in [0.1, 0.15) is 12.4 Å². The van der Waals surface area contributed by atoms with Gasteiger partial charge in [0.2, 0.25) is 11.8 Å². The van der Waals surface area contributed by atoms with Crippen LogP contribution in [-0.4, -0.2) is 27.7 Å². The van der Waals surface area contributed by atoms with Gasteiger partial charge in [-0.3, -0.25) is 0 Å². The number of hydrogen-bond donors (Lipinski definition) is 2. The van der Waals surface area contributed by atoms with E-state index in [-0.39, 0.29) is 0 Å². The van der Waals surface area contributed by atoms with E-state index in [9.17, 15) is 4.79 Å². The molecule has 160 valence electrons. The number of anilines is 2. The Morgan fingerprint density at radius 3 is 2.22 bits per heavy atom. The molecule has 0 aliphatic rings. The van der Waals surface area contributed by atoms with Crippen LogP contribution in [0.15, 0.2) is 91.0 Å². The van der Waals surface area contributed by atoms with Crippen molar-refractivity contribution in [1.29, 1.82) is 0 Å². The van der Waals surface area contributed by atoms with Crippen molar-refractivity contribution in [3.63, 3.8) is 0 Å². The summed E-state index contributed by atoms with van der Waals surface area (Å²) in [6.07, 6.45) is 0. The number of ether oxygens (including phenoxy) is 2. The second kappa shape index (κ2) is 10.1. The molecule has 0 unspecified atom stereocenters. The fraction of sp³-hybridized carbons (Fsp3) is 0.0800. The van der Waals surface area contributed by atoms with Gasteiger partial charge in [0.25, 0.3) is 0 Å². The molecule has 0 aliphatic carbocycles. The number of aromatic nitrogens is 2. The number of carboxylic acids is 1. The number of carbonyl (C=O) groups is 1. The molecule has 0 radical (unpaired) electrons. The number of carboxylic acid groups (broad SMARTS) is 1. The van der Waals surface area contributed by atoms with E-state index in [0.717, 1.165) is 22.5 Å². The van der Waals surface area contributed by atoms with E-state index in [0.29, 0.717) is 24.2 Å². The monoisotopic (exact) mass is 427 g/mol. The summed E-state index contributed by atoms with van der Waals surface area (Å²) in [4.78, 5) is 19.8. The van der Waals surface area contributed by atoms with Gasteiger partial charge in [-0.25, -0.2) is 9.78 Å². The second-order valence-corrected chi connectivity index (χ2v) is 6.89. The molecule has 32 heavy (non-hydrogen) atoms. The molecule has 1 heterocycles. The Bertz CT molecular complexity index is 1170. The first-order chi connectivity index (χ1) is 15.7. The molecule has 2 N–H and O–H groups in total. The first kappa shape index (κ1) is 20.9. The summed E-state index contributed by atoms with van der Waals surface area (Å²) in [5.74, 6) is 0.269. The van der Waals surface area contributed by atoms with E-state index in [2.05, 4.69) is 15.3 Å². The van der Waals surface area contributed by atoms with Crippen LogP contribution in [0.4, 0.5) is 11.6 Å². The molecule has 0 spiro atoms. The predicted molar refractivity (Wildman–Crippen MR) is 121 cm³/mol. The van der Waals surface area contributed by atoms with Crippen LogP contribution in [0.5, 0.6) is 11.6 Å². The van der Waals surface area contributed by atoms with Gasteiger partial charge in [-0.05, 0) is 29.8 Å². The zero-order chi connectivity index (χ0) is 22.2. The molecule has 7 nitrogen and oxygen atoms in total. The minimum Gasteiger partial charge on any atom is -0.482 e. The van der Waals surface area contributed by atoms with Crippen molar-refractivity contribution in [2.75, 3.05) is 11.9 Å². The van der Waals surface area contributed by atoms with Gasteiger partial charge in [-0.15, -0.1) is 0 Å². The van der Waals surface area contributed by atoms with Crippen molar-refractivity contribution in [1.82, 2.24) is 9.97 Å². The van der Waals surface area contributed by atoms with Crippen LogP contribution in [0.1, 0.15) is 5.56 Å². The van der Waals surface area contributed by atoms with E-state index >= 15 is 0 Å². The second-order valence-electron chi connectivity index (χ2n) is 6.89. The molecule has 0 bridgehead atoms. The molecule has 0 fully saturated rings. The van der Waals surface area contributed by atoms with Gasteiger partial charge in [0.15, 0.2) is 6.61 Å². The Morgan fingerprint density at radius 2 is 1.53 bits per heavy atom. The standard InChI is InChI=1S/C25H21N3O4/c29-24(30)17-31-21-13-11-20(12-14-21)26-25-27-22(19-9-5-2-6-10-19)15-23(28-25)32-16-18-7-3-1-4-8-18/h1-15H,16-17H2,(H,29,30)(H,26,27,28). The number of aliphatic carboxylic acids is 1. The number of rotatable bonds is 9. The highest BCUT2D eigenvalue weighted by Gasteiger charge is 2.09. The van der Waals surface area contributed by atoms with Gasteiger partial charge < -0.3 is 19.9 Å². The fourth-order valence-corrected chi connectivity index (χ4v) is 2.95. The van der Waals surface area contributed by atoms with Crippen LogP contribution in [-0.2, 0) is 11.4 Å². The van der Waals surface area contributed by atoms with E-state index in [1.807, 2.05) is 66.7 Å². The van der Waals surface area contributed by atoms with Gasteiger partial charge in [-0.2, -0.15) is 4.98 Å². The number of nitrogens with one attached hydrogen (secondary N) is 1. The maximum atomic E-state index is 10.6. The van der Waals surface area contributed by atoms with Crippen LogP contribution >= 0.6 is 0 Å². The molecule has 0 aliphatic heterocycles. The number of hydrogen-bond acceptors (Lipinski definition) is 6. The fourth-order valence-electron chi connectivity index (χ4n) is 2.95. The molecule has 7 heteroatoms. The van der Waals surface area contributed by atoms with Crippen molar-refractivity contribution in [2.24, 2.45) is 0 Å². The Balaban J connectivity index is 1.55. The summed E-state index contributed by atoms with van der Waals surface area (Å²) in [6.45, 7) is -0.00173. The van der Waals surface area contributed by atoms with Crippen molar-refractivity contribution in [2.45, 2.75) is 6.61 Å². The summed E-state index contributed by atoms with van der Waals surface area (Å²) in [7, 11) is 0. The molecular formula is C25H21N3O4. The Labute approximate surface area is 185 Å². The average Bonchev–Trinajstić information content (AvgIpc) is 2.83. The van der Waals surface area contributed by atoms with Crippen molar-refractivity contribution < 1.29 is 19.4 Å². The Hall–Kier alpha value is -4.39. The van der Waals surface area contributed by atoms with E-state index < -0.39 is 12.6 Å². The highest BCUT2D eigenvalue weighted by Crippen LogP contribution is 2.25. The van der Waals surface area contributed by atoms with Crippen LogP contribution < -0.4 is 14.8 Å². The first-order valence-electron chi connectivity index (χ1n) is 9.98. The summed E-state index contributed by atoms with van der Waals surface area (Å²) in [5.41, 5.74) is 3.44. The molecule has 4 rings (SSSR count). The third-order valence-electron chi connectivity index (χ3n) is 4.47. The number of nitrogens with zero attached hydrogens (tertiary/aromatic N) is 2. The van der Waals surface area contributed by atoms with E-state index in [1.165, 1.54) is 0 Å². The van der Waals surface area contributed by atoms with Gasteiger partial charge in [-0.1, -0.05) is 60.7 Å². The van der Waals surface area contributed by atoms with E-state index in [1.54, 1.807) is 24.3 Å². The molecular weight excluding hydrogens is 406 g/mol. The lowest BCUT2D eigenvalue weighted by Gasteiger charge is -2.12. The molecule has 0 saturated heterocycles. The topological polar surface area (TPSA) is 93.6 Å². The summed E-state index contributed by atoms with van der Waals surface area (Å²) in [6, 6.07) is 28.4. The SMILES string of the molecule is O=C(O)COc1ccc(Nc2nc(OCc3ccccc3)cc(-c3ccccc3)n2)cc1. The van der Waals surface area contributed by atoms with Crippen molar-refractivity contribution in [3.05, 3.63) is 96.6 Å². The van der Waals surface area contributed by atoms with Crippen LogP contribution in [0.2, 0.25) is 0 Å². The average molecular weight is 427 g/mol. The predicted octanol–water partition coefficient (Wildman–Crippen LogP) is 4.93. The van der Waals surface area contributed by atoms with Crippen molar-refractivity contribution >= 4 is 17.6 Å². The van der Waals surface area contributed by atoms with Gasteiger partial charge in [0.05, 0.1) is 5.69 Å². The largest absolute Gasteiger partial charge is 0.482 e. The van der Waals surface area contributed by atoms with Gasteiger partial charge in [0, 0.05) is 17.3 Å². The molecule has 4 aromatic rings. The highest BCUT2D eigenvalue weighted by molar-refractivity contribution is 5.68. The molecule has 0 amide bonds. The van der Waals surface area contributed by atoms with Crippen LogP contribution in [0, 0.1) is 0 Å². The molecule has 0 saturated carbocycles. The third-order valence-corrected chi connectivity index (χ3v) is 4.47. The summed E-state index contributed by atoms with van der Waals surface area (Å²) >= 11 is 0. The molecule has 0 atom stereocenters. The minimum absolute atomic E-state index is 0.383. The van der Waals surface area contributed by atoms with E-state index in [4.69, 9.17) is 14.6 Å². The lowest BCUT2D eigenvalue weighted by atomic mass is 10.1. The van der Waals surface area contributed by atoms with Gasteiger partial charge >= 0.3 is 5.97 Å². The molecule has 1 aromatic heterocycles. The summed E-state index contributed by atoms with van der Waals surface area (Å²) < 4.78 is 11.1. The normalized spacial score (nSPS) is 10.4.